The Kier molecular flexibility index (Phi) is 2.49. The predicted molar refractivity (Wildman–Crippen MR) is 57.1 cm³/mol. The van der Waals surface area contributed by atoms with Gasteiger partial charge in [0, 0.05) is 28.2 Å². The van der Waals surface area contributed by atoms with Gasteiger partial charge in [-0.2, -0.15) is 4.98 Å². The van der Waals surface area contributed by atoms with E-state index in [1.165, 1.54) is 6.07 Å². The molecule has 72 valence electrons. The maximum atomic E-state index is 13.0. The lowest BCUT2D eigenvalue weighted by atomic mass is 10.1. The minimum absolute atomic E-state index is 0.233. The summed E-state index contributed by atoms with van der Waals surface area (Å²) in [5.41, 5.74) is 1.30. The average molecular weight is 304 g/mol. The fourth-order valence-corrected chi connectivity index (χ4v) is 1.42. The first-order valence-electron chi connectivity index (χ1n) is 3.92. The molecule has 0 aliphatic heterocycles. The second-order valence-corrected chi connectivity index (χ2v) is 3.80. The zero-order valence-electron chi connectivity index (χ0n) is 7.29. The largest absolute Gasteiger partial charge is 0.333 e. The van der Waals surface area contributed by atoms with Crippen molar-refractivity contribution in [3.63, 3.8) is 0 Å². The van der Waals surface area contributed by atoms with Crippen LogP contribution < -0.4 is 0 Å². The molecule has 0 bridgehead atoms. The van der Waals surface area contributed by atoms with Gasteiger partial charge in [-0.1, -0.05) is 5.16 Å². The highest BCUT2D eigenvalue weighted by atomic mass is 127. The zero-order valence-corrected chi connectivity index (χ0v) is 9.45. The van der Waals surface area contributed by atoms with Crippen LogP contribution in [-0.4, -0.2) is 10.1 Å². The van der Waals surface area contributed by atoms with Crippen LogP contribution in [0.1, 0.15) is 5.56 Å². The fraction of sp³-hybridized carbons (Fsp3) is 0.111. The Morgan fingerprint density at radius 2 is 2.21 bits per heavy atom. The average Bonchev–Trinajstić information content (AvgIpc) is 2.57. The van der Waals surface area contributed by atoms with Crippen molar-refractivity contribution in [1.82, 2.24) is 10.1 Å². The molecule has 0 N–H and O–H groups in total. The minimum Gasteiger partial charge on any atom is -0.333 e. The van der Waals surface area contributed by atoms with Gasteiger partial charge in [-0.15, -0.1) is 0 Å². The van der Waals surface area contributed by atoms with Crippen molar-refractivity contribution in [2.45, 2.75) is 6.92 Å². The van der Waals surface area contributed by atoms with E-state index in [1.807, 2.05) is 22.6 Å². The van der Waals surface area contributed by atoms with E-state index in [0.717, 1.165) is 5.56 Å². The fourth-order valence-electron chi connectivity index (χ4n) is 1.10. The van der Waals surface area contributed by atoms with Gasteiger partial charge >= 0.3 is 0 Å². The molecule has 0 saturated carbocycles. The number of nitrogens with zero attached hydrogens (tertiary/aromatic N) is 2. The van der Waals surface area contributed by atoms with E-state index in [2.05, 4.69) is 10.1 Å². The van der Waals surface area contributed by atoms with Gasteiger partial charge in [0.15, 0.2) is 0 Å². The quantitative estimate of drug-likeness (QED) is 0.761. The van der Waals surface area contributed by atoms with Gasteiger partial charge < -0.3 is 4.52 Å². The van der Waals surface area contributed by atoms with Gasteiger partial charge in [-0.3, -0.25) is 0 Å². The number of aromatic nitrogens is 2. The van der Waals surface area contributed by atoms with Crippen molar-refractivity contribution >= 4 is 22.6 Å². The summed E-state index contributed by atoms with van der Waals surface area (Å²) in [5, 5.41) is 3.65. The molecule has 0 atom stereocenters. The molecule has 2 rings (SSSR count). The summed E-state index contributed by atoms with van der Waals surface area (Å²) in [6, 6.07) is 4.69. The standard InChI is InChI=1S/C9H6FIN2O/c1-5-4-6(2-3-7(5)10)8-12-9(11)13-14-8/h2-4H,1H3. The van der Waals surface area contributed by atoms with Gasteiger partial charge in [0.2, 0.25) is 3.83 Å². The second kappa shape index (κ2) is 3.64. The molecule has 0 saturated heterocycles. The Labute approximate surface area is 93.5 Å². The first-order chi connectivity index (χ1) is 6.66. The van der Waals surface area contributed by atoms with Crippen molar-refractivity contribution < 1.29 is 8.91 Å². The van der Waals surface area contributed by atoms with Gasteiger partial charge in [-0.05, 0) is 30.7 Å². The molecule has 0 aliphatic rings. The predicted octanol–water partition coefficient (Wildman–Crippen LogP) is 2.79. The van der Waals surface area contributed by atoms with Crippen molar-refractivity contribution in [3.05, 3.63) is 33.4 Å². The summed E-state index contributed by atoms with van der Waals surface area (Å²) in [6.07, 6.45) is 0. The maximum absolute atomic E-state index is 13.0. The molecular weight excluding hydrogens is 298 g/mol. The molecule has 0 amide bonds. The smallest absolute Gasteiger partial charge is 0.258 e. The van der Waals surface area contributed by atoms with Crippen molar-refractivity contribution in [3.8, 4) is 11.5 Å². The van der Waals surface area contributed by atoms with Crippen LogP contribution >= 0.6 is 22.6 Å². The van der Waals surface area contributed by atoms with Crippen LogP contribution in [0.25, 0.3) is 11.5 Å². The highest BCUT2D eigenvalue weighted by Gasteiger charge is 2.08. The van der Waals surface area contributed by atoms with Gasteiger partial charge in [0.05, 0.1) is 0 Å². The van der Waals surface area contributed by atoms with Crippen LogP contribution in [0.15, 0.2) is 22.7 Å². The highest BCUT2D eigenvalue weighted by Crippen LogP contribution is 2.20. The Morgan fingerprint density at radius 1 is 1.43 bits per heavy atom. The van der Waals surface area contributed by atoms with Crippen LogP contribution in [0.4, 0.5) is 4.39 Å². The molecular formula is C9H6FIN2O. The molecule has 14 heavy (non-hydrogen) atoms. The van der Waals surface area contributed by atoms with Gasteiger partial charge in [-0.25, -0.2) is 4.39 Å². The van der Waals surface area contributed by atoms with Crippen LogP contribution in [0.2, 0.25) is 0 Å². The summed E-state index contributed by atoms with van der Waals surface area (Å²) >= 11 is 1.95. The van der Waals surface area contributed by atoms with E-state index in [-0.39, 0.29) is 5.82 Å². The summed E-state index contributed by atoms with van der Waals surface area (Å²) < 4.78 is 18.4. The van der Waals surface area contributed by atoms with Crippen LogP contribution in [0, 0.1) is 16.6 Å². The molecule has 3 nitrogen and oxygen atoms in total. The summed E-state index contributed by atoms with van der Waals surface area (Å²) in [4.78, 5) is 4.04. The van der Waals surface area contributed by atoms with E-state index >= 15 is 0 Å². The molecule has 5 heteroatoms. The molecule has 2 aromatic rings. The Balaban J connectivity index is 2.47. The van der Waals surface area contributed by atoms with Crippen LogP contribution in [0.3, 0.4) is 0 Å². The van der Waals surface area contributed by atoms with Crippen LogP contribution in [0.5, 0.6) is 0 Å². The minimum atomic E-state index is -0.233. The summed E-state index contributed by atoms with van der Waals surface area (Å²) in [6.45, 7) is 1.69. The SMILES string of the molecule is Cc1cc(-c2nc(I)no2)ccc1F. The molecule has 0 fully saturated rings. The normalized spacial score (nSPS) is 10.5. The number of aryl methyl sites for hydroxylation is 1. The lowest BCUT2D eigenvalue weighted by molar-refractivity contribution is 0.425. The number of benzene rings is 1. The number of hydrogen-bond donors (Lipinski definition) is 0. The summed E-state index contributed by atoms with van der Waals surface area (Å²) in [5.74, 6) is 0.181. The Bertz CT molecular complexity index is 470. The highest BCUT2D eigenvalue weighted by molar-refractivity contribution is 14.1. The van der Waals surface area contributed by atoms with Crippen molar-refractivity contribution in [1.29, 1.82) is 0 Å². The Morgan fingerprint density at radius 3 is 2.79 bits per heavy atom. The van der Waals surface area contributed by atoms with Crippen molar-refractivity contribution in [2.75, 3.05) is 0 Å². The molecule has 1 aromatic heterocycles. The van der Waals surface area contributed by atoms with E-state index in [9.17, 15) is 4.39 Å². The monoisotopic (exact) mass is 304 g/mol. The molecule has 0 aliphatic carbocycles. The first kappa shape index (κ1) is 9.57. The summed E-state index contributed by atoms with van der Waals surface area (Å²) in [7, 11) is 0. The van der Waals surface area contributed by atoms with E-state index in [1.54, 1.807) is 19.1 Å². The second-order valence-electron chi connectivity index (χ2n) is 2.83. The number of rotatable bonds is 1. The molecule has 0 spiro atoms. The lowest BCUT2D eigenvalue weighted by Crippen LogP contribution is -1.84. The number of halogens is 2. The van der Waals surface area contributed by atoms with Gasteiger partial charge in [0.1, 0.15) is 5.82 Å². The molecule has 1 aromatic carbocycles. The third-order valence-electron chi connectivity index (χ3n) is 1.81. The van der Waals surface area contributed by atoms with E-state index < -0.39 is 0 Å². The van der Waals surface area contributed by atoms with E-state index in [4.69, 9.17) is 4.52 Å². The van der Waals surface area contributed by atoms with Crippen LogP contribution in [-0.2, 0) is 0 Å². The third kappa shape index (κ3) is 1.77. The number of hydrogen-bond acceptors (Lipinski definition) is 3. The molecule has 1 heterocycles. The zero-order chi connectivity index (χ0) is 10.1. The molecule has 0 radical (unpaired) electrons. The topological polar surface area (TPSA) is 38.9 Å². The Hall–Kier alpha value is -0.980. The van der Waals surface area contributed by atoms with Gasteiger partial charge in [0.25, 0.3) is 5.89 Å². The molecule has 0 unspecified atom stereocenters. The maximum Gasteiger partial charge on any atom is 0.258 e. The first-order valence-corrected chi connectivity index (χ1v) is 5.00. The van der Waals surface area contributed by atoms with Crippen molar-refractivity contribution in [2.24, 2.45) is 0 Å². The third-order valence-corrected chi connectivity index (χ3v) is 2.24. The van der Waals surface area contributed by atoms with E-state index in [0.29, 0.717) is 15.3 Å². The lowest BCUT2D eigenvalue weighted by Gasteiger charge is -1.97.